The van der Waals surface area contributed by atoms with Crippen LogP contribution in [-0.4, -0.2) is 52.5 Å². The molecular weight excluding hydrogens is 574 g/mol. The summed E-state index contributed by atoms with van der Waals surface area (Å²) in [7, 11) is -2.59. The molecule has 1 saturated heterocycles. The molecule has 0 saturated carbocycles. The molecule has 0 bridgehead atoms. The highest BCUT2D eigenvalue weighted by Crippen LogP contribution is 2.27. The first-order valence-electron chi connectivity index (χ1n) is 14.3. The van der Waals surface area contributed by atoms with Gasteiger partial charge in [-0.2, -0.15) is 4.41 Å². The number of hydrogen-bond donors (Lipinski definition) is 2. The van der Waals surface area contributed by atoms with Crippen LogP contribution < -0.4 is 15.3 Å². The van der Waals surface area contributed by atoms with Crippen LogP contribution >= 0.6 is 0 Å². The van der Waals surface area contributed by atoms with Crippen molar-refractivity contribution in [2.45, 2.75) is 52.2 Å². The molecule has 0 aliphatic carbocycles. The van der Waals surface area contributed by atoms with E-state index in [4.69, 9.17) is 14.3 Å². The Bertz CT molecular complexity index is 1340. The van der Waals surface area contributed by atoms with E-state index >= 15 is 0 Å². The lowest BCUT2D eigenvalue weighted by Crippen LogP contribution is -2.51. The molecule has 234 valence electrons. The van der Waals surface area contributed by atoms with Gasteiger partial charge < -0.3 is 9.47 Å². The summed E-state index contributed by atoms with van der Waals surface area (Å²) in [5.74, 6) is -3.40. The van der Waals surface area contributed by atoms with Crippen LogP contribution in [0.5, 0.6) is 0 Å². The largest absolute Gasteiger partial charge is 0.465 e. The number of allylic oxidation sites excluding steroid dienone is 1. The average Bonchev–Trinajstić information content (AvgIpc) is 3.00. The zero-order valence-corrected chi connectivity index (χ0v) is 25.8. The summed E-state index contributed by atoms with van der Waals surface area (Å²) in [6.07, 6.45) is 6.85. The Morgan fingerprint density at radius 1 is 1.02 bits per heavy atom. The van der Waals surface area contributed by atoms with Gasteiger partial charge in [-0.25, -0.2) is 23.5 Å². The van der Waals surface area contributed by atoms with Gasteiger partial charge in [-0.3, -0.25) is 15.0 Å². The first-order chi connectivity index (χ1) is 20.5. The molecule has 12 heteroatoms. The van der Waals surface area contributed by atoms with Crippen molar-refractivity contribution in [3.05, 3.63) is 71.8 Å². The molecule has 2 aromatic rings. The highest BCUT2D eigenvalue weighted by atomic mass is 32.2. The molecule has 0 radical (unpaired) electrons. The molecule has 3 atom stereocenters. The topological polar surface area (TPSA) is 140 Å². The van der Waals surface area contributed by atoms with Gasteiger partial charge in [0.15, 0.2) is 6.29 Å². The lowest BCUT2D eigenvalue weighted by Gasteiger charge is -2.30. The van der Waals surface area contributed by atoms with Crippen LogP contribution in [0.25, 0.3) is 6.08 Å². The van der Waals surface area contributed by atoms with Crippen LogP contribution in [0.1, 0.15) is 61.9 Å². The predicted molar refractivity (Wildman–Crippen MR) is 163 cm³/mol. The first kappa shape index (κ1) is 33.8. The van der Waals surface area contributed by atoms with Crippen molar-refractivity contribution in [2.24, 2.45) is 17.8 Å². The second kappa shape index (κ2) is 16.2. The SMILES string of the molecule is COC(=O)c1ccc(/C=C/C[C@H](C(=O)NOC2CCCCO2)[C@@H](CC(C)C)C(=O)NN(c2ccccc2)S(C)(=O)=O)cc1. The van der Waals surface area contributed by atoms with E-state index in [1.54, 1.807) is 66.7 Å². The van der Waals surface area contributed by atoms with Gasteiger partial charge in [-0.1, -0.05) is 56.3 Å². The fourth-order valence-electron chi connectivity index (χ4n) is 4.70. The molecular formula is C31H41N3O8S. The summed E-state index contributed by atoms with van der Waals surface area (Å²) in [6.45, 7) is 4.37. The van der Waals surface area contributed by atoms with Crippen molar-refractivity contribution in [3.8, 4) is 0 Å². The molecule has 1 fully saturated rings. The number of methoxy groups -OCH3 is 1. The number of ether oxygens (including phenoxy) is 2. The Morgan fingerprint density at radius 2 is 1.72 bits per heavy atom. The third-order valence-electron chi connectivity index (χ3n) is 6.88. The summed E-state index contributed by atoms with van der Waals surface area (Å²) in [5.41, 5.74) is 6.47. The van der Waals surface area contributed by atoms with E-state index in [1.165, 1.54) is 7.11 Å². The number of amides is 2. The maximum atomic E-state index is 13.8. The van der Waals surface area contributed by atoms with Crippen molar-refractivity contribution in [2.75, 3.05) is 24.4 Å². The fraction of sp³-hybridized carbons (Fsp3) is 0.452. The normalized spacial score (nSPS) is 16.8. The quantitative estimate of drug-likeness (QED) is 0.238. The van der Waals surface area contributed by atoms with Gasteiger partial charge in [-0.05, 0) is 61.4 Å². The van der Waals surface area contributed by atoms with E-state index in [-0.39, 0.29) is 18.0 Å². The number of rotatable bonds is 14. The van der Waals surface area contributed by atoms with Crippen LogP contribution in [0.4, 0.5) is 5.69 Å². The van der Waals surface area contributed by atoms with Gasteiger partial charge in [-0.15, -0.1) is 0 Å². The highest BCUT2D eigenvalue weighted by molar-refractivity contribution is 7.92. The number of carbonyl (C=O) groups is 3. The van der Waals surface area contributed by atoms with Crippen LogP contribution in [-0.2, 0) is 33.9 Å². The summed E-state index contributed by atoms with van der Waals surface area (Å²) >= 11 is 0. The third kappa shape index (κ3) is 10.5. The van der Waals surface area contributed by atoms with Crippen LogP contribution in [0.15, 0.2) is 60.7 Å². The monoisotopic (exact) mass is 615 g/mol. The molecule has 0 aromatic heterocycles. The molecule has 43 heavy (non-hydrogen) atoms. The number of benzene rings is 2. The summed E-state index contributed by atoms with van der Waals surface area (Å²) in [4.78, 5) is 44.7. The minimum atomic E-state index is -3.90. The number of nitrogens with zero attached hydrogens (tertiary/aromatic N) is 1. The number of sulfonamides is 1. The molecule has 1 aliphatic rings. The van der Waals surface area contributed by atoms with Crippen molar-refractivity contribution >= 4 is 39.6 Å². The number of carbonyl (C=O) groups excluding carboxylic acids is 3. The number of para-hydroxylation sites is 1. The molecule has 2 N–H and O–H groups in total. The number of hydrazine groups is 1. The van der Waals surface area contributed by atoms with Crippen LogP contribution in [0.2, 0.25) is 0 Å². The molecule has 2 amide bonds. The smallest absolute Gasteiger partial charge is 0.337 e. The number of nitrogens with one attached hydrogen (secondary N) is 2. The maximum absolute atomic E-state index is 13.8. The zero-order valence-electron chi connectivity index (χ0n) is 25.0. The lowest BCUT2D eigenvalue weighted by atomic mass is 9.82. The Morgan fingerprint density at radius 3 is 2.30 bits per heavy atom. The van der Waals surface area contributed by atoms with Crippen molar-refractivity contribution < 1.29 is 37.1 Å². The second-order valence-electron chi connectivity index (χ2n) is 10.8. The Hall–Kier alpha value is -3.74. The van der Waals surface area contributed by atoms with Crippen molar-refractivity contribution in [1.82, 2.24) is 10.9 Å². The number of esters is 1. The van der Waals surface area contributed by atoms with E-state index in [9.17, 15) is 22.8 Å². The summed E-state index contributed by atoms with van der Waals surface area (Å²) < 4.78 is 36.4. The van der Waals surface area contributed by atoms with Gasteiger partial charge in [0.25, 0.3) is 0 Å². The molecule has 3 rings (SSSR count). The number of hydrogen-bond acceptors (Lipinski definition) is 8. The first-order valence-corrected chi connectivity index (χ1v) is 16.1. The van der Waals surface area contributed by atoms with E-state index in [0.29, 0.717) is 25.0 Å². The molecule has 1 aliphatic heterocycles. The van der Waals surface area contributed by atoms with Crippen LogP contribution in [0.3, 0.4) is 0 Å². The van der Waals surface area contributed by atoms with Gasteiger partial charge in [0, 0.05) is 13.0 Å². The standard InChI is InChI=1S/C31H41N3O8S/c1-22(2)21-27(29(35)32-34(43(4,38)39)25-12-6-5-7-13-25)26(30(36)33-42-28-15-8-9-20-41-28)14-10-11-23-16-18-24(19-17-23)31(37)40-3/h5-7,10-13,16-19,22,26-28H,8-9,14-15,20-21H2,1-4H3,(H,32,35)(H,33,36)/b11-10+/t26-,27+,28?/m0/s1. The Balaban J connectivity index is 1.87. The fourth-order valence-corrected chi connectivity index (χ4v) is 5.46. The molecule has 2 aromatic carbocycles. The minimum Gasteiger partial charge on any atom is -0.465 e. The summed E-state index contributed by atoms with van der Waals surface area (Å²) in [6, 6.07) is 14.9. The predicted octanol–water partition coefficient (Wildman–Crippen LogP) is 4.23. The van der Waals surface area contributed by atoms with Gasteiger partial charge >= 0.3 is 5.97 Å². The average molecular weight is 616 g/mol. The van der Waals surface area contributed by atoms with E-state index in [1.807, 2.05) is 13.8 Å². The van der Waals surface area contributed by atoms with Crippen LogP contribution in [0, 0.1) is 17.8 Å². The number of anilines is 1. The lowest BCUT2D eigenvalue weighted by molar-refractivity contribution is -0.203. The van der Waals surface area contributed by atoms with E-state index < -0.39 is 45.9 Å². The van der Waals surface area contributed by atoms with Crippen molar-refractivity contribution in [1.29, 1.82) is 0 Å². The third-order valence-corrected chi connectivity index (χ3v) is 7.85. The second-order valence-corrected chi connectivity index (χ2v) is 12.6. The minimum absolute atomic E-state index is 0.00639. The number of hydroxylamine groups is 1. The molecule has 1 heterocycles. The zero-order chi connectivity index (χ0) is 31.4. The van der Waals surface area contributed by atoms with Crippen molar-refractivity contribution in [3.63, 3.8) is 0 Å². The van der Waals surface area contributed by atoms with E-state index in [2.05, 4.69) is 10.9 Å². The Labute approximate surface area is 253 Å². The molecule has 0 spiro atoms. The summed E-state index contributed by atoms with van der Waals surface area (Å²) in [5, 5.41) is 0. The highest BCUT2D eigenvalue weighted by Gasteiger charge is 2.36. The molecule has 11 nitrogen and oxygen atoms in total. The Kier molecular flexibility index (Phi) is 12.7. The van der Waals surface area contributed by atoms with Gasteiger partial charge in [0.2, 0.25) is 21.8 Å². The van der Waals surface area contributed by atoms with Gasteiger partial charge in [0.1, 0.15) is 0 Å². The van der Waals surface area contributed by atoms with Gasteiger partial charge in [0.05, 0.1) is 36.5 Å². The van der Waals surface area contributed by atoms with E-state index in [0.717, 1.165) is 29.1 Å². The maximum Gasteiger partial charge on any atom is 0.337 e. The molecule has 1 unspecified atom stereocenters.